The molecule has 5 N–H and O–H groups in total. The van der Waals surface area contributed by atoms with Crippen molar-refractivity contribution in [2.24, 2.45) is 0 Å². The highest BCUT2D eigenvalue weighted by Gasteiger charge is 2.10. The van der Waals surface area contributed by atoms with E-state index in [2.05, 4.69) is 18.9 Å². The third-order valence-corrected chi connectivity index (χ3v) is 6.72. The summed E-state index contributed by atoms with van der Waals surface area (Å²) in [7, 11) is 7.85. The molecule has 0 amide bonds. The summed E-state index contributed by atoms with van der Waals surface area (Å²) in [4.78, 5) is 22.5. The van der Waals surface area contributed by atoms with Gasteiger partial charge >= 0.3 is 11.9 Å². The van der Waals surface area contributed by atoms with E-state index in [1.807, 2.05) is 73.7 Å². The Morgan fingerprint density at radius 1 is 0.527 bits per heavy atom. The largest absolute Gasteiger partial charge is 0.478 e. The number of benzene rings is 4. The minimum Gasteiger partial charge on any atom is -0.478 e. The van der Waals surface area contributed by atoms with E-state index >= 15 is 0 Å². The zero-order valence-electron chi connectivity index (χ0n) is 34.0. The number of aliphatic hydroxyl groups excluding tert-OH is 4. The van der Waals surface area contributed by atoms with Crippen molar-refractivity contribution in [1.29, 1.82) is 0 Å². The molecule has 4 rings (SSSR count). The number of aromatic carboxylic acids is 1. The molecule has 5 unspecified atom stereocenters. The topological polar surface area (TPSA) is 191 Å². The maximum absolute atomic E-state index is 11.8. The summed E-state index contributed by atoms with van der Waals surface area (Å²) in [5.41, 5.74) is 0.899. The Labute approximate surface area is 326 Å². The second kappa shape index (κ2) is 33.3. The quantitative estimate of drug-likeness (QED) is 0.105. The maximum atomic E-state index is 11.8. The van der Waals surface area contributed by atoms with Crippen molar-refractivity contribution in [2.45, 2.75) is 65.1 Å². The first-order valence-electron chi connectivity index (χ1n) is 17.7. The van der Waals surface area contributed by atoms with Gasteiger partial charge in [0.15, 0.2) is 0 Å². The maximum Gasteiger partial charge on any atom is 0.338 e. The van der Waals surface area contributed by atoms with Crippen LogP contribution in [-0.2, 0) is 28.4 Å². The molecular weight excluding hydrogens is 712 g/mol. The van der Waals surface area contributed by atoms with Crippen LogP contribution in [0, 0.1) is 0 Å². The number of carbonyl (C=O) groups excluding carboxylic acids is 1. The Morgan fingerprint density at radius 2 is 0.891 bits per heavy atom. The van der Waals surface area contributed by atoms with Gasteiger partial charge in [-0.3, -0.25) is 0 Å². The Bertz CT molecular complexity index is 1510. The molecule has 0 saturated heterocycles. The SMILES string of the molecule is COC(C)CO.COC(C)COC(=O)c1ccc2ccccc2c1.COCC(C)O.COCC(C)O.COCC(C)O.O=C(O)c1ccc2ccccc2c1. The molecule has 4 aromatic carbocycles. The number of hydrogen-bond donors (Lipinski definition) is 5. The van der Waals surface area contributed by atoms with E-state index in [0.717, 1.165) is 21.5 Å². The molecule has 0 radical (unpaired) electrons. The number of carboxylic acids is 1. The lowest BCUT2D eigenvalue weighted by atomic mass is 10.1. The van der Waals surface area contributed by atoms with E-state index in [9.17, 15) is 9.59 Å². The van der Waals surface area contributed by atoms with Gasteiger partial charge < -0.3 is 54.0 Å². The Hall–Kier alpha value is -4.02. The molecule has 0 aromatic heterocycles. The van der Waals surface area contributed by atoms with E-state index in [1.54, 1.807) is 81.4 Å². The number of aliphatic hydroxyl groups is 4. The summed E-state index contributed by atoms with van der Waals surface area (Å²) in [5, 5.41) is 46.4. The highest BCUT2D eigenvalue weighted by atomic mass is 16.6. The number of ether oxygens (including phenoxy) is 6. The van der Waals surface area contributed by atoms with Crippen LogP contribution in [0.5, 0.6) is 0 Å². The minimum absolute atomic E-state index is 0.00926. The van der Waals surface area contributed by atoms with Gasteiger partial charge in [-0.1, -0.05) is 60.7 Å². The van der Waals surface area contributed by atoms with Gasteiger partial charge in [-0.05, 0) is 80.4 Å². The fourth-order valence-corrected chi connectivity index (χ4v) is 3.78. The predicted molar refractivity (Wildman–Crippen MR) is 216 cm³/mol. The Kier molecular flexibility index (Phi) is 32.2. The Morgan fingerprint density at radius 3 is 1.18 bits per heavy atom. The highest BCUT2D eigenvalue weighted by Crippen LogP contribution is 2.17. The number of hydrogen-bond acceptors (Lipinski definition) is 12. The van der Waals surface area contributed by atoms with Crippen LogP contribution in [0.25, 0.3) is 21.5 Å². The van der Waals surface area contributed by atoms with E-state index < -0.39 is 5.97 Å². The smallest absolute Gasteiger partial charge is 0.338 e. The number of fused-ring (bicyclic) bond motifs is 2. The summed E-state index contributed by atoms with van der Waals surface area (Å²) in [6, 6.07) is 26.3. The molecule has 0 heterocycles. The first-order valence-corrected chi connectivity index (χ1v) is 17.7. The second-order valence-corrected chi connectivity index (χ2v) is 12.2. The van der Waals surface area contributed by atoms with Crippen LogP contribution >= 0.6 is 0 Å². The summed E-state index contributed by atoms with van der Waals surface area (Å²) in [5.74, 6) is -1.20. The molecule has 0 saturated carbocycles. The van der Waals surface area contributed by atoms with E-state index in [1.165, 1.54) is 0 Å². The van der Waals surface area contributed by atoms with E-state index in [4.69, 9.17) is 35.0 Å². The molecule has 0 bridgehead atoms. The van der Waals surface area contributed by atoms with Crippen LogP contribution in [-0.4, -0.2) is 137 Å². The third kappa shape index (κ3) is 28.1. The molecule has 0 aliphatic rings. The molecule has 310 valence electrons. The molecular formula is C42H64O13. The van der Waals surface area contributed by atoms with Gasteiger partial charge in [0, 0.05) is 35.5 Å². The third-order valence-electron chi connectivity index (χ3n) is 6.72. The van der Waals surface area contributed by atoms with Crippen LogP contribution in [0.1, 0.15) is 55.3 Å². The van der Waals surface area contributed by atoms with Crippen molar-refractivity contribution >= 4 is 33.5 Å². The summed E-state index contributed by atoms with van der Waals surface area (Å²) in [6.45, 7) is 10.4. The molecule has 4 aromatic rings. The van der Waals surface area contributed by atoms with E-state index in [0.29, 0.717) is 30.9 Å². The fraction of sp³-hybridized carbons (Fsp3) is 0.476. The zero-order chi connectivity index (χ0) is 42.2. The standard InChI is InChI=1S/C15H16O3.C11H8O2.4C4H10O2/c1-11(17-2)10-18-15(16)14-8-7-12-5-3-4-6-13(12)9-14;12-11(13)10-6-5-8-3-1-2-4-9(8)7-10;3*1-4(5)3-6-2;1-4(3-5)6-2/h3-9,11H,10H2,1-2H3;1-7H,(H,12,13);4*4-5H,3H2,1-2H3. The van der Waals surface area contributed by atoms with Gasteiger partial charge in [-0.25, -0.2) is 9.59 Å². The van der Waals surface area contributed by atoms with Gasteiger partial charge in [0.1, 0.15) is 6.61 Å². The molecule has 13 heteroatoms. The lowest BCUT2D eigenvalue weighted by molar-refractivity contribution is 0.0169. The van der Waals surface area contributed by atoms with Gasteiger partial charge in [0.05, 0.1) is 68.1 Å². The predicted octanol–water partition coefficient (Wildman–Crippen LogP) is 5.62. The summed E-state index contributed by atoms with van der Waals surface area (Å²) in [6.07, 6.45) is -1.07. The molecule has 0 aliphatic heterocycles. The molecule has 13 nitrogen and oxygen atoms in total. The zero-order valence-corrected chi connectivity index (χ0v) is 34.0. The van der Waals surface area contributed by atoms with Crippen molar-refractivity contribution in [2.75, 3.05) is 68.6 Å². The van der Waals surface area contributed by atoms with Crippen LogP contribution in [0.4, 0.5) is 0 Å². The number of carbonyl (C=O) groups is 2. The fourth-order valence-electron chi connectivity index (χ4n) is 3.78. The highest BCUT2D eigenvalue weighted by molar-refractivity contribution is 5.95. The van der Waals surface area contributed by atoms with Gasteiger partial charge in [0.25, 0.3) is 0 Å². The average Bonchev–Trinajstić information content (AvgIpc) is 3.17. The number of carboxylic acid groups (broad SMARTS) is 1. The number of esters is 1. The molecule has 0 spiro atoms. The number of rotatable bonds is 13. The van der Waals surface area contributed by atoms with Crippen molar-refractivity contribution in [1.82, 2.24) is 0 Å². The number of methoxy groups -OCH3 is 5. The van der Waals surface area contributed by atoms with Crippen molar-refractivity contribution < 1.29 is 63.5 Å². The minimum atomic E-state index is -0.884. The van der Waals surface area contributed by atoms with Gasteiger partial charge in [-0.15, -0.1) is 0 Å². The Balaban J connectivity index is 0. The molecule has 0 aliphatic carbocycles. The van der Waals surface area contributed by atoms with Crippen molar-refractivity contribution in [3.63, 3.8) is 0 Å². The molecule has 5 atom stereocenters. The average molecular weight is 777 g/mol. The van der Waals surface area contributed by atoms with Crippen LogP contribution < -0.4 is 0 Å². The molecule has 0 fully saturated rings. The van der Waals surface area contributed by atoms with Crippen LogP contribution in [0.15, 0.2) is 84.9 Å². The van der Waals surface area contributed by atoms with Crippen LogP contribution in [0.3, 0.4) is 0 Å². The lowest BCUT2D eigenvalue weighted by Crippen LogP contribution is -2.17. The summed E-state index contributed by atoms with van der Waals surface area (Å²) < 4.78 is 28.5. The van der Waals surface area contributed by atoms with Gasteiger partial charge in [-0.2, -0.15) is 0 Å². The van der Waals surface area contributed by atoms with Crippen molar-refractivity contribution in [3.05, 3.63) is 96.1 Å². The van der Waals surface area contributed by atoms with Gasteiger partial charge in [0.2, 0.25) is 0 Å². The summed E-state index contributed by atoms with van der Waals surface area (Å²) >= 11 is 0. The van der Waals surface area contributed by atoms with Crippen LogP contribution in [0.2, 0.25) is 0 Å². The normalized spacial score (nSPS) is 12.8. The van der Waals surface area contributed by atoms with E-state index in [-0.39, 0.29) is 49.7 Å². The lowest BCUT2D eigenvalue weighted by Gasteiger charge is -2.10. The molecule has 55 heavy (non-hydrogen) atoms. The first kappa shape index (κ1) is 53.1. The first-order chi connectivity index (χ1) is 26.1. The second-order valence-electron chi connectivity index (χ2n) is 12.2. The van der Waals surface area contributed by atoms with Crippen molar-refractivity contribution in [3.8, 4) is 0 Å². The monoisotopic (exact) mass is 776 g/mol.